The molecular formula is C11H22N4O. The molecular weight excluding hydrogens is 204 g/mol. The highest BCUT2D eigenvalue weighted by Gasteiger charge is 2.06. The van der Waals surface area contributed by atoms with Crippen LogP contribution in [-0.2, 0) is 4.74 Å². The van der Waals surface area contributed by atoms with Gasteiger partial charge in [-0.1, -0.05) is 0 Å². The van der Waals surface area contributed by atoms with Crippen molar-refractivity contribution in [2.45, 2.75) is 33.2 Å². The fourth-order valence-corrected chi connectivity index (χ4v) is 1.33. The van der Waals surface area contributed by atoms with Gasteiger partial charge in [-0.3, -0.25) is 4.68 Å². The van der Waals surface area contributed by atoms with Crippen LogP contribution >= 0.6 is 0 Å². The van der Waals surface area contributed by atoms with Crippen LogP contribution < -0.4 is 11.1 Å². The van der Waals surface area contributed by atoms with E-state index >= 15 is 0 Å². The van der Waals surface area contributed by atoms with E-state index in [2.05, 4.69) is 24.3 Å². The summed E-state index contributed by atoms with van der Waals surface area (Å²) in [5.74, 6) is 0.769. The molecule has 1 aromatic rings. The lowest BCUT2D eigenvalue weighted by atomic mass is 10.4. The van der Waals surface area contributed by atoms with Gasteiger partial charge in [0, 0.05) is 25.8 Å². The van der Waals surface area contributed by atoms with Crippen LogP contribution in [0.5, 0.6) is 0 Å². The summed E-state index contributed by atoms with van der Waals surface area (Å²) in [6.45, 7) is 8.52. The molecule has 1 aromatic heterocycles. The summed E-state index contributed by atoms with van der Waals surface area (Å²) in [7, 11) is 0. The van der Waals surface area contributed by atoms with Crippen molar-refractivity contribution in [3.8, 4) is 0 Å². The summed E-state index contributed by atoms with van der Waals surface area (Å²) in [6, 6.07) is 0.335. The number of anilines is 2. The molecule has 0 unspecified atom stereocenters. The molecule has 0 fully saturated rings. The smallest absolute Gasteiger partial charge is 0.171 e. The lowest BCUT2D eigenvalue weighted by molar-refractivity contribution is 0.147. The van der Waals surface area contributed by atoms with Crippen LogP contribution in [-0.4, -0.2) is 29.5 Å². The Balaban J connectivity index is 2.36. The zero-order valence-electron chi connectivity index (χ0n) is 10.4. The minimum atomic E-state index is 0.335. The number of nitrogens with zero attached hydrogens (tertiary/aromatic N) is 2. The molecule has 0 saturated carbocycles. The maximum Gasteiger partial charge on any atom is 0.171 e. The maximum atomic E-state index is 5.84. The third-order valence-electron chi connectivity index (χ3n) is 2.25. The summed E-state index contributed by atoms with van der Waals surface area (Å²) in [6.07, 6.45) is 2.82. The predicted octanol–water partition coefficient (Wildman–Crippen LogP) is 1.88. The van der Waals surface area contributed by atoms with E-state index in [4.69, 9.17) is 10.5 Å². The fraction of sp³-hybridized carbons (Fsp3) is 0.727. The largest absolute Gasteiger partial charge is 0.394 e. The molecule has 3 N–H and O–H groups in total. The zero-order chi connectivity index (χ0) is 12.0. The lowest BCUT2D eigenvalue weighted by Crippen LogP contribution is -2.08. The van der Waals surface area contributed by atoms with Crippen molar-refractivity contribution < 1.29 is 4.74 Å². The zero-order valence-corrected chi connectivity index (χ0v) is 10.4. The van der Waals surface area contributed by atoms with Gasteiger partial charge >= 0.3 is 0 Å². The Morgan fingerprint density at radius 3 is 2.88 bits per heavy atom. The van der Waals surface area contributed by atoms with Crippen LogP contribution in [0, 0.1) is 0 Å². The lowest BCUT2D eigenvalue weighted by Gasteiger charge is -2.05. The van der Waals surface area contributed by atoms with Crippen LogP contribution in [0.2, 0.25) is 0 Å². The third-order valence-corrected chi connectivity index (χ3v) is 2.25. The molecule has 5 nitrogen and oxygen atoms in total. The number of hydrogen-bond donors (Lipinski definition) is 2. The third kappa shape index (κ3) is 3.73. The monoisotopic (exact) mass is 226 g/mol. The first-order valence-electron chi connectivity index (χ1n) is 5.81. The van der Waals surface area contributed by atoms with Crippen molar-refractivity contribution in [1.29, 1.82) is 0 Å². The van der Waals surface area contributed by atoms with E-state index in [0.29, 0.717) is 11.7 Å². The van der Waals surface area contributed by atoms with Crippen LogP contribution in [0.4, 0.5) is 11.5 Å². The quantitative estimate of drug-likeness (QED) is 0.697. The van der Waals surface area contributed by atoms with Crippen molar-refractivity contribution in [1.82, 2.24) is 9.78 Å². The summed E-state index contributed by atoms with van der Waals surface area (Å²) in [5.41, 5.74) is 6.54. The fourth-order valence-electron chi connectivity index (χ4n) is 1.33. The van der Waals surface area contributed by atoms with Gasteiger partial charge in [0.1, 0.15) is 0 Å². The number of aromatic nitrogens is 2. The number of nitrogen functional groups attached to an aromatic ring is 1. The normalized spacial score (nSPS) is 11.0. The summed E-state index contributed by atoms with van der Waals surface area (Å²) in [4.78, 5) is 0. The average molecular weight is 226 g/mol. The van der Waals surface area contributed by atoms with Crippen molar-refractivity contribution in [3.63, 3.8) is 0 Å². The topological polar surface area (TPSA) is 65.1 Å². The minimum Gasteiger partial charge on any atom is -0.394 e. The van der Waals surface area contributed by atoms with Crippen molar-refractivity contribution in [2.24, 2.45) is 0 Å². The van der Waals surface area contributed by atoms with Gasteiger partial charge in [0.25, 0.3) is 0 Å². The first-order chi connectivity index (χ1) is 7.65. The van der Waals surface area contributed by atoms with Gasteiger partial charge in [-0.15, -0.1) is 0 Å². The van der Waals surface area contributed by atoms with E-state index in [1.54, 1.807) is 0 Å². The molecule has 1 rings (SSSR count). The van der Waals surface area contributed by atoms with E-state index in [9.17, 15) is 0 Å². The van der Waals surface area contributed by atoms with Crippen LogP contribution in [0.25, 0.3) is 0 Å². The Morgan fingerprint density at radius 2 is 2.31 bits per heavy atom. The number of ether oxygens (including phenoxy) is 1. The highest BCUT2D eigenvalue weighted by atomic mass is 16.5. The van der Waals surface area contributed by atoms with Gasteiger partial charge in [-0.25, -0.2) is 0 Å². The molecule has 0 aliphatic carbocycles. The summed E-state index contributed by atoms with van der Waals surface area (Å²) >= 11 is 0. The van der Waals surface area contributed by atoms with Crippen LogP contribution in [0.3, 0.4) is 0 Å². The summed E-state index contributed by atoms with van der Waals surface area (Å²) < 4.78 is 7.11. The Labute approximate surface area is 97.0 Å². The molecule has 0 radical (unpaired) electrons. The highest BCUT2D eigenvalue weighted by Crippen LogP contribution is 2.17. The predicted molar refractivity (Wildman–Crippen MR) is 66.6 cm³/mol. The van der Waals surface area contributed by atoms with Gasteiger partial charge < -0.3 is 15.8 Å². The molecule has 5 heteroatoms. The Bertz CT molecular complexity index is 309. The number of rotatable bonds is 7. The number of nitrogens with one attached hydrogen (secondary N) is 1. The second-order valence-corrected chi connectivity index (χ2v) is 3.98. The van der Waals surface area contributed by atoms with Crippen molar-refractivity contribution >= 4 is 11.5 Å². The van der Waals surface area contributed by atoms with E-state index in [-0.39, 0.29) is 0 Å². The van der Waals surface area contributed by atoms with E-state index in [1.165, 1.54) is 0 Å². The van der Waals surface area contributed by atoms with Gasteiger partial charge in [-0.2, -0.15) is 5.10 Å². The second kappa shape index (κ2) is 6.37. The molecule has 0 bridgehead atoms. The molecule has 0 spiro atoms. The molecule has 0 amide bonds. The van der Waals surface area contributed by atoms with Gasteiger partial charge in [0.15, 0.2) is 5.82 Å². The van der Waals surface area contributed by atoms with E-state index < -0.39 is 0 Å². The molecule has 16 heavy (non-hydrogen) atoms. The molecule has 0 aromatic carbocycles. The van der Waals surface area contributed by atoms with Crippen molar-refractivity contribution in [2.75, 3.05) is 30.8 Å². The number of hydrogen-bond acceptors (Lipinski definition) is 4. The van der Waals surface area contributed by atoms with E-state index in [0.717, 1.165) is 32.0 Å². The van der Waals surface area contributed by atoms with Crippen molar-refractivity contribution in [3.05, 3.63) is 6.20 Å². The van der Waals surface area contributed by atoms with Gasteiger partial charge in [0.05, 0.1) is 11.9 Å². The molecule has 0 aliphatic heterocycles. The summed E-state index contributed by atoms with van der Waals surface area (Å²) in [5, 5.41) is 7.58. The molecule has 0 saturated heterocycles. The average Bonchev–Trinajstić information content (AvgIpc) is 2.60. The first-order valence-corrected chi connectivity index (χ1v) is 5.81. The molecule has 0 atom stereocenters. The minimum absolute atomic E-state index is 0.335. The maximum absolute atomic E-state index is 5.84. The van der Waals surface area contributed by atoms with E-state index in [1.807, 2.05) is 17.8 Å². The van der Waals surface area contributed by atoms with Gasteiger partial charge in [0.2, 0.25) is 0 Å². The standard InChI is InChI=1S/C11H22N4O/c1-4-16-7-5-6-13-11-10(12)8-15(14-11)9(2)3/h8-9H,4-7,12H2,1-3H3,(H,13,14). The van der Waals surface area contributed by atoms with Gasteiger partial charge in [-0.05, 0) is 27.2 Å². The SMILES string of the molecule is CCOCCCNc1nn(C(C)C)cc1N. The first kappa shape index (κ1) is 12.8. The molecule has 0 aliphatic rings. The Hall–Kier alpha value is -1.23. The number of nitrogens with two attached hydrogens (primary N) is 1. The Kier molecular flexibility index (Phi) is 5.11. The molecule has 92 valence electrons. The molecule has 1 heterocycles. The van der Waals surface area contributed by atoms with Crippen LogP contribution in [0.15, 0.2) is 6.20 Å². The highest BCUT2D eigenvalue weighted by molar-refractivity contribution is 5.59. The Morgan fingerprint density at radius 1 is 1.56 bits per heavy atom. The van der Waals surface area contributed by atoms with Crippen LogP contribution in [0.1, 0.15) is 33.2 Å². The second-order valence-electron chi connectivity index (χ2n) is 3.98.